The van der Waals surface area contributed by atoms with Crippen LogP contribution < -0.4 is 15.4 Å². The molecule has 2 amide bonds. The fraction of sp³-hybridized carbons (Fsp3) is 0.150. The highest BCUT2D eigenvalue weighted by atomic mass is 32.1. The van der Waals surface area contributed by atoms with Crippen molar-refractivity contribution in [1.29, 1.82) is 0 Å². The Kier molecular flexibility index (Phi) is 5.83. The number of anilines is 2. The molecule has 0 radical (unpaired) electrons. The van der Waals surface area contributed by atoms with Gasteiger partial charge in [-0.15, -0.1) is 11.3 Å². The van der Waals surface area contributed by atoms with Crippen molar-refractivity contribution >= 4 is 34.0 Å². The van der Waals surface area contributed by atoms with Crippen molar-refractivity contribution in [3.8, 4) is 5.75 Å². The van der Waals surface area contributed by atoms with Crippen molar-refractivity contribution in [3.05, 3.63) is 71.2 Å². The molecule has 3 aromatic rings. The topological polar surface area (TPSA) is 80.3 Å². The summed E-state index contributed by atoms with van der Waals surface area (Å²) in [7, 11) is 0. The van der Waals surface area contributed by atoms with Crippen molar-refractivity contribution in [2.75, 3.05) is 10.6 Å². The minimum absolute atomic E-state index is 0.287. The predicted molar refractivity (Wildman–Crippen MR) is 106 cm³/mol. The monoisotopic (exact) mass is 381 g/mol. The first-order valence-corrected chi connectivity index (χ1v) is 9.24. The zero-order valence-electron chi connectivity index (χ0n) is 14.9. The number of hydrogen-bond donors (Lipinski definition) is 2. The summed E-state index contributed by atoms with van der Waals surface area (Å²) >= 11 is 1.34. The molecule has 3 rings (SSSR count). The van der Waals surface area contributed by atoms with E-state index < -0.39 is 6.10 Å². The number of carbonyl (C=O) groups is 2. The second kappa shape index (κ2) is 8.46. The van der Waals surface area contributed by atoms with E-state index in [1.807, 2.05) is 25.1 Å². The highest BCUT2D eigenvalue weighted by Crippen LogP contribution is 2.17. The van der Waals surface area contributed by atoms with Crippen LogP contribution in [0.1, 0.15) is 22.8 Å². The number of benzene rings is 2. The van der Waals surface area contributed by atoms with Gasteiger partial charge in [0.15, 0.2) is 11.2 Å². The van der Waals surface area contributed by atoms with E-state index in [1.165, 1.54) is 11.3 Å². The molecule has 138 valence electrons. The minimum atomic E-state index is -0.681. The van der Waals surface area contributed by atoms with E-state index in [9.17, 15) is 9.59 Å². The molecule has 0 fully saturated rings. The van der Waals surface area contributed by atoms with Crippen molar-refractivity contribution < 1.29 is 14.3 Å². The number of nitrogens with zero attached hydrogens (tertiary/aromatic N) is 1. The van der Waals surface area contributed by atoms with Crippen LogP contribution in [0.2, 0.25) is 0 Å². The molecule has 1 atom stereocenters. The Morgan fingerprint density at radius 3 is 2.67 bits per heavy atom. The van der Waals surface area contributed by atoms with Gasteiger partial charge in [0.05, 0.1) is 0 Å². The number of ether oxygens (including phenoxy) is 1. The molecule has 0 spiro atoms. The highest BCUT2D eigenvalue weighted by molar-refractivity contribution is 7.13. The molecule has 0 aliphatic rings. The highest BCUT2D eigenvalue weighted by Gasteiger charge is 2.16. The lowest BCUT2D eigenvalue weighted by Gasteiger charge is -2.15. The maximum Gasteiger partial charge on any atom is 0.265 e. The van der Waals surface area contributed by atoms with Gasteiger partial charge in [-0.3, -0.25) is 14.9 Å². The van der Waals surface area contributed by atoms with Gasteiger partial charge >= 0.3 is 0 Å². The Morgan fingerprint density at radius 1 is 1.11 bits per heavy atom. The third kappa shape index (κ3) is 5.15. The summed E-state index contributed by atoms with van der Waals surface area (Å²) in [4.78, 5) is 28.7. The summed E-state index contributed by atoms with van der Waals surface area (Å²) in [6.45, 7) is 3.64. The first kappa shape index (κ1) is 18.6. The van der Waals surface area contributed by atoms with Crippen LogP contribution in [0.3, 0.4) is 0 Å². The lowest BCUT2D eigenvalue weighted by molar-refractivity contribution is -0.122. The van der Waals surface area contributed by atoms with Crippen LogP contribution in [0.5, 0.6) is 5.75 Å². The molecular formula is C20H19N3O3S. The van der Waals surface area contributed by atoms with Crippen LogP contribution in [0, 0.1) is 6.92 Å². The van der Waals surface area contributed by atoms with Gasteiger partial charge in [-0.1, -0.05) is 18.2 Å². The molecule has 7 heteroatoms. The van der Waals surface area contributed by atoms with Gasteiger partial charge in [0, 0.05) is 22.8 Å². The summed E-state index contributed by atoms with van der Waals surface area (Å²) < 4.78 is 5.68. The van der Waals surface area contributed by atoms with Crippen LogP contribution in [0.25, 0.3) is 0 Å². The fourth-order valence-corrected chi connectivity index (χ4v) is 2.91. The van der Waals surface area contributed by atoms with Crippen LogP contribution in [-0.2, 0) is 4.79 Å². The van der Waals surface area contributed by atoms with E-state index >= 15 is 0 Å². The smallest absolute Gasteiger partial charge is 0.265 e. The molecule has 0 aliphatic heterocycles. The number of rotatable bonds is 6. The number of aromatic nitrogens is 1. The van der Waals surface area contributed by atoms with Gasteiger partial charge in [0.1, 0.15) is 5.75 Å². The van der Waals surface area contributed by atoms with Crippen LogP contribution in [0.15, 0.2) is 60.1 Å². The van der Waals surface area contributed by atoms with Crippen molar-refractivity contribution in [1.82, 2.24) is 4.98 Å². The van der Waals surface area contributed by atoms with E-state index in [4.69, 9.17) is 4.74 Å². The lowest BCUT2D eigenvalue weighted by Crippen LogP contribution is -2.30. The Bertz CT molecular complexity index is 941. The molecule has 6 nitrogen and oxygen atoms in total. The Hall–Kier alpha value is -3.19. The average Bonchev–Trinajstić information content (AvgIpc) is 3.15. The standard InChI is InChI=1S/C20H19N3O3S/c1-13-5-3-8-17(11-13)26-14(2)18(24)22-16-7-4-6-15(12-16)19(25)23-20-21-9-10-27-20/h3-12,14H,1-2H3,(H,22,24)(H,21,23,25). The number of aryl methyl sites for hydroxylation is 1. The quantitative estimate of drug-likeness (QED) is 0.673. The molecule has 1 unspecified atom stereocenters. The third-order valence-electron chi connectivity index (χ3n) is 3.72. The first-order valence-electron chi connectivity index (χ1n) is 8.36. The van der Waals surface area contributed by atoms with Gasteiger partial charge in [-0.25, -0.2) is 4.98 Å². The van der Waals surface area contributed by atoms with Crippen LogP contribution in [-0.4, -0.2) is 22.9 Å². The summed E-state index contributed by atoms with van der Waals surface area (Å²) in [6, 6.07) is 14.2. The molecule has 0 saturated carbocycles. The number of carbonyl (C=O) groups excluding carboxylic acids is 2. The van der Waals surface area contributed by atoms with Crippen LogP contribution >= 0.6 is 11.3 Å². The zero-order valence-corrected chi connectivity index (χ0v) is 15.7. The van der Waals surface area contributed by atoms with Crippen molar-refractivity contribution in [3.63, 3.8) is 0 Å². The first-order chi connectivity index (χ1) is 13.0. The van der Waals surface area contributed by atoms with Crippen molar-refractivity contribution in [2.45, 2.75) is 20.0 Å². The maximum absolute atomic E-state index is 12.4. The SMILES string of the molecule is Cc1cccc(OC(C)C(=O)Nc2cccc(C(=O)Nc3nccs3)c2)c1. The fourth-order valence-electron chi connectivity index (χ4n) is 2.38. The molecule has 1 heterocycles. The minimum Gasteiger partial charge on any atom is -0.481 e. The normalized spacial score (nSPS) is 11.5. The summed E-state index contributed by atoms with van der Waals surface area (Å²) in [6.07, 6.45) is 0.937. The molecule has 0 saturated heterocycles. The van der Waals surface area contributed by atoms with E-state index in [2.05, 4.69) is 15.6 Å². The Morgan fingerprint density at radius 2 is 1.93 bits per heavy atom. The van der Waals surface area contributed by atoms with Gasteiger partial charge in [-0.05, 0) is 49.7 Å². The summed E-state index contributed by atoms with van der Waals surface area (Å²) in [5.41, 5.74) is 2.00. The van der Waals surface area contributed by atoms with Gasteiger partial charge in [0.25, 0.3) is 11.8 Å². The molecule has 2 aromatic carbocycles. The molecule has 2 N–H and O–H groups in total. The van der Waals surface area contributed by atoms with E-state index in [1.54, 1.807) is 48.8 Å². The van der Waals surface area contributed by atoms with E-state index in [0.29, 0.717) is 22.1 Å². The second-order valence-corrected chi connectivity index (χ2v) is 6.83. The molecule has 1 aromatic heterocycles. The van der Waals surface area contributed by atoms with Crippen molar-refractivity contribution in [2.24, 2.45) is 0 Å². The summed E-state index contributed by atoms with van der Waals surface area (Å²) in [5.74, 6) is 0.0494. The Labute approximate surface area is 161 Å². The molecular weight excluding hydrogens is 362 g/mol. The van der Waals surface area contributed by atoms with Gasteiger partial charge < -0.3 is 10.1 Å². The Balaban J connectivity index is 1.63. The van der Waals surface area contributed by atoms with E-state index in [-0.39, 0.29) is 11.8 Å². The lowest BCUT2D eigenvalue weighted by atomic mass is 10.2. The molecule has 0 bridgehead atoms. The number of amides is 2. The zero-order chi connectivity index (χ0) is 19.2. The largest absolute Gasteiger partial charge is 0.481 e. The predicted octanol–water partition coefficient (Wildman–Crippen LogP) is 4.11. The van der Waals surface area contributed by atoms with Crippen LogP contribution in [0.4, 0.5) is 10.8 Å². The maximum atomic E-state index is 12.4. The third-order valence-corrected chi connectivity index (χ3v) is 4.41. The molecule has 27 heavy (non-hydrogen) atoms. The molecule has 0 aliphatic carbocycles. The number of thiazole rings is 1. The summed E-state index contributed by atoms with van der Waals surface area (Å²) in [5, 5.41) is 7.79. The number of hydrogen-bond acceptors (Lipinski definition) is 5. The van der Waals surface area contributed by atoms with Gasteiger partial charge in [-0.2, -0.15) is 0 Å². The average molecular weight is 381 g/mol. The van der Waals surface area contributed by atoms with Gasteiger partial charge in [0.2, 0.25) is 0 Å². The van der Waals surface area contributed by atoms with E-state index in [0.717, 1.165) is 5.56 Å². The number of nitrogens with one attached hydrogen (secondary N) is 2. The second-order valence-electron chi connectivity index (χ2n) is 5.94.